The molecule has 5 heteroatoms. The third-order valence-corrected chi connectivity index (χ3v) is 2.87. The van der Waals surface area contributed by atoms with Crippen molar-refractivity contribution in [1.29, 1.82) is 0 Å². The van der Waals surface area contributed by atoms with Crippen molar-refractivity contribution in [3.05, 3.63) is 47.4 Å². The summed E-state index contributed by atoms with van der Waals surface area (Å²) < 4.78 is 0. The van der Waals surface area contributed by atoms with E-state index in [0.29, 0.717) is 10.8 Å². The highest BCUT2D eigenvalue weighted by molar-refractivity contribution is 7.80. The number of thiocarbonyl (C=S) groups is 1. The Morgan fingerprint density at radius 3 is 2.67 bits per heavy atom. The van der Waals surface area contributed by atoms with Crippen LogP contribution in [0.15, 0.2) is 30.6 Å². The maximum Gasteiger partial charge on any atom is 0.140 e. The largest absolute Gasteiger partial charge is 0.389 e. The average molecular weight is 258 g/mol. The number of nitrogens with two attached hydrogens (primary N) is 1. The van der Waals surface area contributed by atoms with Crippen LogP contribution in [0.3, 0.4) is 0 Å². The van der Waals surface area contributed by atoms with Crippen LogP contribution in [0.2, 0.25) is 0 Å². The van der Waals surface area contributed by atoms with Gasteiger partial charge in [-0.25, -0.2) is 4.98 Å². The van der Waals surface area contributed by atoms with Crippen LogP contribution in [0.25, 0.3) is 0 Å². The number of hydrogen-bond donors (Lipinski definition) is 2. The van der Waals surface area contributed by atoms with Gasteiger partial charge in [-0.2, -0.15) is 0 Å². The van der Waals surface area contributed by atoms with Crippen molar-refractivity contribution in [3.8, 4) is 0 Å². The molecule has 0 saturated heterocycles. The smallest absolute Gasteiger partial charge is 0.140 e. The third-order valence-electron chi connectivity index (χ3n) is 2.67. The molecule has 4 nitrogen and oxygen atoms in total. The molecule has 2 rings (SSSR count). The van der Waals surface area contributed by atoms with Gasteiger partial charge in [-0.05, 0) is 37.6 Å². The Bertz CT molecular complexity index is 595. The molecule has 92 valence electrons. The second-order valence-electron chi connectivity index (χ2n) is 3.98. The second-order valence-corrected chi connectivity index (χ2v) is 4.42. The van der Waals surface area contributed by atoms with Gasteiger partial charge < -0.3 is 11.1 Å². The molecule has 0 aliphatic heterocycles. The van der Waals surface area contributed by atoms with Crippen LogP contribution < -0.4 is 11.1 Å². The Hall–Kier alpha value is -2.01. The van der Waals surface area contributed by atoms with Gasteiger partial charge in [-0.3, -0.25) is 4.98 Å². The number of aromatic nitrogens is 2. The molecule has 3 N–H and O–H groups in total. The van der Waals surface area contributed by atoms with E-state index < -0.39 is 0 Å². The Morgan fingerprint density at radius 1 is 1.22 bits per heavy atom. The van der Waals surface area contributed by atoms with E-state index in [1.807, 2.05) is 32.0 Å². The summed E-state index contributed by atoms with van der Waals surface area (Å²) in [5, 5.41) is 3.22. The molecular formula is C13H14N4S. The van der Waals surface area contributed by atoms with Crippen molar-refractivity contribution >= 4 is 28.7 Å². The fourth-order valence-corrected chi connectivity index (χ4v) is 1.97. The number of nitrogens with zero attached hydrogens (tertiary/aromatic N) is 2. The normalized spacial score (nSPS) is 10.1. The van der Waals surface area contributed by atoms with Crippen LogP contribution in [0.5, 0.6) is 0 Å². The molecule has 0 spiro atoms. The highest BCUT2D eigenvalue weighted by Gasteiger charge is 2.10. The molecule has 0 atom stereocenters. The third kappa shape index (κ3) is 2.46. The summed E-state index contributed by atoms with van der Waals surface area (Å²) in [7, 11) is 0. The SMILES string of the molecule is Cc1ccnc(Nc2cccnc2C)c1C(N)=S. The number of rotatable bonds is 3. The Balaban J connectivity index is 2.44. The lowest BCUT2D eigenvalue weighted by Crippen LogP contribution is -2.15. The monoisotopic (exact) mass is 258 g/mol. The van der Waals surface area contributed by atoms with E-state index in [1.54, 1.807) is 12.4 Å². The quantitative estimate of drug-likeness (QED) is 0.828. The minimum atomic E-state index is 0.338. The molecular weight excluding hydrogens is 244 g/mol. The minimum Gasteiger partial charge on any atom is -0.389 e. The summed E-state index contributed by atoms with van der Waals surface area (Å²) in [5.74, 6) is 0.665. The van der Waals surface area contributed by atoms with Crippen LogP contribution >= 0.6 is 12.2 Å². The standard InChI is InChI=1S/C13H14N4S/c1-8-5-7-16-13(11(8)12(14)18)17-10-4-3-6-15-9(10)2/h3-7H,1-2H3,(H2,14,18)(H,16,17). The van der Waals surface area contributed by atoms with E-state index in [4.69, 9.17) is 18.0 Å². The van der Waals surface area contributed by atoms with Gasteiger partial charge in [-0.1, -0.05) is 12.2 Å². The molecule has 0 saturated carbocycles. The van der Waals surface area contributed by atoms with Gasteiger partial charge in [-0.15, -0.1) is 0 Å². The van der Waals surface area contributed by atoms with Gasteiger partial charge in [0.1, 0.15) is 10.8 Å². The molecule has 0 aliphatic carbocycles. The second kappa shape index (κ2) is 5.10. The molecule has 0 radical (unpaired) electrons. The van der Waals surface area contributed by atoms with Crippen LogP contribution in [0.1, 0.15) is 16.8 Å². The summed E-state index contributed by atoms with van der Waals surface area (Å²) in [5.41, 5.74) is 9.31. The molecule has 2 aromatic heterocycles. The van der Waals surface area contributed by atoms with E-state index in [-0.39, 0.29) is 0 Å². The zero-order chi connectivity index (χ0) is 13.1. The summed E-state index contributed by atoms with van der Waals surface area (Å²) in [6.45, 7) is 3.88. The van der Waals surface area contributed by atoms with Crippen molar-refractivity contribution in [2.75, 3.05) is 5.32 Å². The molecule has 0 amide bonds. The van der Waals surface area contributed by atoms with Crippen molar-refractivity contribution < 1.29 is 0 Å². The molecule has 0 bridgehead atoms. The summed E-state index contributed by atoms with van der Waals surface area (Å²) in [4.78, 5) is 8.85. The summed E-state index contributed by atoms with van der Waals surface area (Å²) in [6.07, 6.45) is 3.48. The summed E-state index contributed by atoms with van der Waals surface area (Å²) in [6, 6.07) is 5.69. The molecule has 0 fully saturated rings. The van der Waals surface area contributed by atoms with E-state index in [9.17, 15) is 0 Å². The number of hydrogen-bond acceptors (Lipinski definition) is 4. The van der Waals surface area contributed by atoms with Crippen molar-refractivity contribution in [1.82, 2.24) is 9.97 Å². The molecule has 0 aliphatic rings. The fraction of sp³-hybridized carbons (Fsp3) is 0.154. The molecule has 18 heavy (non-hydrogen) atoms. The lowest BCUT2D eigenvalue weighted by atomic mass is 10.1. The topological polar surface area (TPSA) is 63.8 Å². The van der Waals surface area contributed by atoms with Gasteiger partial charge in [0.2, 0.25) is 0 Å². The van der Waals surface area contributed by atoms with E-state index in [1.165, 1.54) is 0 Å². The predicted molar refractivity (Wildman–Crippen MR) is 77.1 cm³/mol. The highest BCUT2D eigenvalue weighted by atomic mass is 32.1. The Labute approximate surface area is 111 Å². The van der Waals surface area contributed by atoms with Crippen LogP contribution in [0.4, 0.5) is 11.5 Å². The van der Waals surface area contributed by atoms with E-state index >= 15 is 0 Å². The molecule has 0 unspecified atom stereocenters. The zero-order valence-corrected chi connectivity index (χ0v) is 11.1. The van der Waals surface area contributed by atoms with Crippen LogP contribution in [-0.2, 0) is 0 Å². The molecule has 0 aromatic carbocycles. The highest BCUT2D eigenvalue weighted by Crippen LogP contribution is 2.22. The van der Waals surface area contributed by atoms with Gasteiger partial charge in [0, 0.05) is 12.4 Å². The zero-order valence-electron chi connectivity index (χ0n) is 10.3. The lowest BCUT2D eigenvalue weighted by Gasteiger charge is -2.13. The summed E-state index contributed by atoms with van der Waals surface area (Å²) >= 11 is 5.07. The minimum absolute atomic E-state index is 0.338. The van der Waals surface area contributed by atoms with Crippen LogP contribution in [0, 0.1) is 13.8 Å². The number of anilines is 2. The number of aryl methyl sites for hydroxylation is 2. The van der Waals surface area contributed by atoms with Gasteiger partial charge >= 0.3 is 0 Å². The first kappa shape index (κ1) is 12.4. The maximum absolute atomic E-state index is 5.74. The number of nitrogens with one attached hydrogen (secondary N) is 1. The first-order valence-corrected chi connectivity index (χ1v) is 5.94. The number of pyridine rings is 2. The van der Waals surface area contributed by atoms with Gasteiger partial charge in [0.25, 0.3) is 0 Å². The lowest BCUT2D eigenvalue weighted by molar-refractivity contribution is 1.18. The Kier molecular flexibility index (Phi) is 3.53. The van der Waals surface area contributed by atoms with Gasteiger partial charge in [0.05, 0.1) is 16.9 Å². The van der Waals surface area contributed by atoms with Crippen molar-refractivity contribution in [2.24, 2.45) is 5.73 Å². The van der Waals surface area contributed by atoms with Crippen molar-refractivity contribution in [2.45, 2.75) is 13.8 Å². The molecule has 2 aromatic rings. The average Bonchev–Trinajstić information content (AvgIpc) is 2.31. The molecule has 2 heterocycles. The van der Waals surface area contributed by atoms with Crippen LogP contribution in [-0.4, -0.2) is 15.0 Å². The first-order chi connectivity index (χ1) is 8.59. The van der Waals surface area contributed by atoms with Crippen molar-refractivity contribution in [3.63, 3.8) is 0 Å². The van der Waals surface area contributed by atoms with E-state index in [0.717, 1.165) is 22.5 Å². The first-order valence-electron chi connectivity index (χ1n) is 5.53. The van der Waals surface area contributed by atoms with E-state index in [2.05, 4.69) is 15.3 Å². The Morgan fingerprint density at radius 2 is 2.00 bits per heavy atom. The van der Waals surface area contributed by atoms with Gasteiger partial charge in [0.15, 0.2) is 0 Å². The maximum atomic E-state index is 5.74. The predicted octanol–water partition coefficient (Wildman–Crippen LogP) is 2.47. The fourth-order valence-electron chi connectivity index (χ4n) is 1.71.